The van der Waals surface area contributed by atoms with E-state index >= 15 is 0 Å². The van der Waals surface area contributed by atoms with Gasteiger partial charge in [-0.2, -0.15) is 0 Å². The normalized spacial score (nSPS) is 23.6. The Balaban J connectivity index is 1.58. The summed E-state index contributed by atoms with van der Waals surface area (Å²) in [6.45, 7) is 4.45. The number of anilines is 3. The first kappa shape index (κ1) is 17.9. The molecule has 1 fully saturated rings. The van der Waals surface area contributed by atoms with E-state index in [4.69, 9.17) is 39.5 Å². The fourth-order valence-electron chi connectivity index (χ4n) is 4.66. The van der Waals surface area contributed by atoms with Crippen molar-refractivity contribution in [3.8, 4) is 0 Å². The average molecular weight is 425 g/mol. The van der Waals surface area contributed by atoms with Crippen LogP contribution in [0.2, 0.25) is 15.1 Å². The molecule has 5 rings (SSSR count). The highest BCUT2D eigenvalue weighted by Gasteiger charge is 2.41. The number of piperidine rings is 1. The molecule has 0 aromatic heterocycles. The maximum Gasteiger partial charge on any atom is 0.0828 e. The molecule has 0 radical (unpaired) electrons. The van der Waals surface area contributed by atoms with Gasteiger partial charge in [0.1, 0.15) is 0 Å². The van der Waals surface area contributed by atoms with Crippen LogP contribution >= 0.6 is 34.8 Å². The van der Waals surface area contributed by atoms with Gasteiger partial charge in [-0.05, 0) is 42.8 Å². The van der Waals surface area contributed by atoms with Crippen LogP contribution in [0.5, 0.6) is 0 Å². The SMILES string of the molecule is Clc1cc(Cl)c(Cl)c(Nc2cc3c4c(c2)[C@@H]2CNCC[C@@H]2N4CCOC3)c1. The predicted octanol–water partition coefficient (Wildman–Crippen LogP) is 5.19. The zero-order valence-corrected chi connectivity index (χ0v) is 17.0. The summed E-state index contributed by atoms with van der Waals surface area (Å²) >= 11 is 18.7. The van der Waals surface area contributed by atoms with E-state index in [0.717, 1.165) is 38.3 Å². The van der Waals surface area contributed by atoms with E-state index < -0.39 is 0 Å². The molecule has 2 aromatic rings. The lowest BCUT2D eigenvalue weighted by molar-refractivity contribution is 0.130. The molecule has 2 N–H and O–H groups in total. The van der Waals surface area contributed by atoms with Gasteiger partial charge in [-0.15, -0.1) is 0 Å². The van der Waals surface area contributed by atoms with E-state index in [1.165, 1.54) is 16.8 Å². The summed E-state index contributed by atoms with van der Waals surface area (Å²) in [6.07, 6.45) is 1.16. The van der Waals surface area contributed by atoms with Gasteiger partial charge >= 0.3 is 0 Å². The van der Waals surface area contributed by atoms with Gasteiger partial charge < -0.3 is 20.3 Å². The molecule has 3 aliphatic heterocycles. The molecule has 0 amide bonds. The van der Waals surface area contributed by atoms with Crippen LogP contribution in [0.1, 0.15) is 23.5 Å². The smallest absolute Gasteiger partial charge is 0.0828 e. The molecule has 27 heavy (non-hydrogen) atoms. The second-order valence-corrected chi connectivity index (χ2v) is 8.58. The van der Waals surface area contributed by atoms with Gasteiger partial charge in [0.15, 0.2) is 0 Å². The molecule has 0 saturated carbocycles. The van der Waals surface area contributed by atoms with Crippen LogP contribution in [-0.2, 0) is 11.3 Å². The number of nitrogens with one attached hydrogen (secondary N) is 2. The van der Waals surface area contributed by atoms with Gasteiger partial charge in [0.25, 0.3) is 0 Å². The van der Waals surface area contributed by atoms with Crippen molar-refractivity contribution in [2.45, 2.75) is 25.0 Å². The number of rotatable bonds is 2. The van der Waals surface area contributed by atoms with Crippen molar-refractivity contribution in [1.82, 2.24) is 5.32 Å². The van der Waals surface area contributed by atoms with Crippen molar-refractivity contribution in [2.24, 2.45) is 0 Å². The van der Waals surface area contributed by atoms with Gasteiger partial charge in [-0.3, -0.25) is 0 Å². The third-order valence-electron chi connectivity index (χ3n) is 5.76. The molecule has 0 aliphatic carbocycles. The summed E-state index contributed by atoms with van der Waals surface area (Å²) < 4.78 is 5.87. The minimum Gasteiger partial charge on any atom is -0.375 e. The lowest BCUT2D eigenvalue weighted by atomic mass is 9.89. The van der Waals surface area contributed by atoms with Crippen molar-refractivity contribution >= 4 is 51.9 Å². The van der Waals surface area contributed by atoms with Gasteiger partial charge in [0.2, 0.25) is 0 Å². The second kappa shape index (κ2) is 7.02. The lowest BCUT2D eigenvalue weighted by Crippen LogP contribution is -2.44. The number of nitrogens with zero attached hydrogens (tertiary/aromatic N) is 1. The monoisotopic (exact) mass is 423 g/mol. The number of fused-ring (bicyclic) bond motifs is 3. The summed E-state index contributed by atoms with van der Waals surface area (Å²) in [5.41, 5.74) is 5.68. The largest absolute Gasteiger partial charge is 0.375 e. The van der Waals surface area contributed by atoms with Crippen molar-refractivity contribution in [3.63, 3.8) is 0 Å². The van der Waals surface area contributed by atoms with Crippen molar-refractivity contribution in [3.05, 3.63) is 50.5 Å². The maximum absolute atomic E-state index is 6.38. The van der Waals surface area contributed by atoms with E-state index in [1.807, 2.05) is 0 Å². The Morgan fingerprint density at radius 3 is 2.93 bits per heavy atom. The van der Waals surface area contributed by atoms with Crippen LogP contribution in [0.3, 0.4) is 0 Å². The minimum absolute atomic E-state index is 0.442. The summed E-state index contributed by atoms with van der Waals surface area (Å²) in [7, 11) is 0. The summed E-state index contributed by atoms with van der Waals surface area (Å²) in [5, 5.41) is 8.44. The third-order valence-corrected chi connectivity index (χ3v) is 6.78. The van der Waals surface area contributed by atoms with Crippen LogP contribution < -0.4 is 15.5 Å². The number of halogens is 3. The number of benzene rings is 2. The molecule has 3 heterocycles. The summed E-state index contributed by atoms with van der Waals surface area (Å²) in [5.74, 6) is 0.505. The predicted molar refractivity (Wildman–Crippen MR) is 112 cm³/mol. The Morgan fingerprint density at radius 2 is 2.04 bits per heavy atom. The molecule has 3 aliphatic rings. The first-order valence-corrected chi connectivity index (χ1v) is 10.4. The maximum atomic E-state index is 6.38. The van der Waals surface area contributed by atoms with E-state index in [9.17, 15) is 0 Å². The Hall–Kier alpha value is -1.17. The third kappa shape index (κ3) is 3.08. The fourth-order valence-corrected chi connectivity index (χ4v) is 5.31. The molecule has 0 bridgehead atoms. The van der Waals surface area contributed by atoms with Crippen LogP contribution in [0.25, 0.3) is 0 Å². The highest BCUT2D eigenvalue weighted by atomic mass is 35.5. The molecule has 0 spiro atoms. The van der Waals surface area contributed by atoms with Crippen LogP contribution in [-0.4, -0.2) is 32.3 Å². The van der Waals surface area contributed by atoms with E-state index in [1.54, 1.807) is 12.1 Å². The Morgan fingerprint density at radius 1 is 1.15 bits per heavy atom. The van der Waals surface area contributed by atoms with Crippen LogP contribution in [0, 0.1) is 0 Å². The molecular formula is C20H20Cl3N3O. The minimum atomic E-state index is 0.442. The average Bonchev–Trinajstić information content (AvgIpc) is 2.81. The molecular weight excluding hydrogens is 405 g/mol. The topological polar surface area (TPSA) is 36.5 Å². The first-order valence-electron chi connectivity index (χ1n) is 9.25. The molecule has 2 aromatic carbocycles. The van der Waals surface area contributed by atoms with Crippen LogP contribution in [0.4, 0.5) is 17.1 Å². The lowest BCUT2D eigenvalue weighted by Gasteiger charge is -2.33. The molecule has 1 saturated heterocycles. The van der Waals surface area contributed by atoms with Gasteiger partial charge in [-0.1, -0.05) is 34.8 Å². The van der Waals surface area contributed by atoms with E-state index in [2.05, 4.69) is 27.7 Å². The molecule has 4 nitrogen and oxygen atoms in total. The van der Waals surface area contributed by atoms with E-state index in [0.29, 0.717) is 39.3 Å². The van der Waals surface area contributed by atoms with Crippen molar-refractivity contribution in [2.75, 3.05) is 36.5 Å². The number of hydrogen-bond acceptors (Lipinski definition) is 4. The molecule has 2 atom stereocenters. The number of hydrogen-bond donors (Lipinski definition) is 2. The van der Waals surface area contributed by atoms with Gasteiger partial charge in [0.05, 0.1) is 28.9 Å². The Labute approximate surface area is 173 Å². The Kier molecular flexibility index (Phi) is 4.65. The fraction of sp³-hybridized carbons (Fsp3) is 0.400. The van der Waals surface area contributed by atoms with Crippen LogP contribution in [0.15, 0.2) is 24.3 Å². The van der Waals surface area contributed by atoms with Crippen molar-refractivity contribution < 1.29 is 4.74 Å². The van der Waals surface area contributed by atoms with E-state index in [-0.39, 0.29) is 0 Å². The molecule has 0 unspecified atom stereocenters. The summed E-state index contributed by atoms with van der Waals surface area (Å²) in [6, 6.07) is 8.42. The highest BCUT2D eigenvalue weighted by molar-refractivity contribution is 6.45. The van der Waals surface area contributed by atoms with Crippen molar-refractivity contribution in [1.29, 1.82) is 0 Å². The number of ether oxygens (including phenoxy) is 1. The second-order valence-electron chi connectivity index (χ2n) is 7.36. The first-order chi connectivity index (χ1) is 13.1. The highest BCUT2D eigenvalue weighted by Crippen LogP contribution is 2.48. The molecule has 142 valence electrons. The standard InChI is InChI=1S/C20H20Cl3N3O/c21-12-6-16(22)19(23)17(7-12)25-13-5-11-10-27-4-3-26-18-1-2-24-9-15(18)14(8-13)20(11)26/h5-8,15,18,24-25H,1-4,9-10H2/t15-,18-/m0/s1. The zero-order chi connectivity index (χ0) is 18.5. The van der Waals surface area contributed by atoms with Gasteiger partial charge in [-0.25, -0.2) is 0 Å². The van der Waals surface area contributed by atoms with Gasteiger partial charge in [0, 0.05) is 47.0 Å². The summed E-state index contributed by atoms with van der Waals surface area (Å²) in [4.78, 5) is 2.57. The quantitative estimate of drug-likeness (QED) is 0.651. The Bertz CT molecular complexity index is 905. The zero-order valence-electron chi connectivity index (χ0n) is 14.7. The molecule has 7 heteroatoms.